The molecule has 0 fully saturated rings. The van der Waals surface area contributed by atoms with Gasteiger partial charge in [0.2, 0.25) is 0 Å². The Bertz CT molecular complexity index is 411. The van der Waals surface area contributed by atoms with Crippen LogP contribution in [0.3, 0.4) is 0 Å². The fraction of sp³-hybridized carbons (Fsp3) is 0.167. The molecule has 2 aromatic rings. The molecule has 0 spiro atoms. The number of hydrogen-bond donors (Lipinski definition) is 1. The van der Waals surface area contributed by atoms with Gasteiger partial charge in [-0.25, -0.2) is 0 Å². The summed E-state index contributed by atoms with van der Waals surface area (Å²) in [6, 6.07) is 14.2. The standard InChI is InChI=1S/C12H12BrNO/c13-12-7-6-11(15-12)9-14-8-10-4-2-1-3-5-10/h1-7,14H,8-9H2. The Hall–Kier alpha value is -1.06. The maximum absolute atomic E-state index is 5.38. The molecule has 0 saturated heterocycles. The van der Waals surface area contributed by atoms with Crippen LogP contribution in [0.5, 0.6) is 0 Å². The average Bonchev–Trinajstić information content (AvgIpc) is 2.66. The highest BCUT2D eigenvalue weighted by atomic mass is 79.9. The van der Waals surface area contributed by atoms with E-state index in [4.69, 9.17) is 4.42 Å². The maximum atomic E-state index is 5.38. The molecule has 0 aliphatic rings. The number of furan rings is 1. The van der Waals surface area contributed by atoms with Gasteiger partial charge >= 0.3 is 0 Å². The molecule has 3 heteroatoms. The minimum absolute atomic E-state index is 0.750. The summed E-state index contributed by atoms with van der Waals surface area (Å²) in [6.07, 6.45) is 0. The molecular weight excluding hydrogens is 254 g/mol. The van der Waals surface area contributed by atoms with E-state index in [0.717, 1.165) is 23.5 Å². The highest BCUT2D eigenvalue weighted by Gasteiger charge is 1.98. The van der Waals surface area contributed by atoms with Crippen LogP contribution < -0.4 is 5.32 Å². The van der Waals surface area contributed by atoms with Crippen LogP contribution in [0.4, 0.5) is 0 Å². The molecule has 78 valence electrons. The first-order valence-corrected chi connectivity index (χ1v) is 5.63. The minimum atomic E-state index is 0.750. The van der Waals surface area contributed by atoms with Crippen LogP contribution in [-0.2, 0) is 13.1 Å². The van der Waals surface area contributed by atoms with Crippen LogP contribution in [0.15, 0.2) is 51.6 Å². The Morgan fingerprint density at radius 3 is 2.47 bits per heavy atom. The summed E-state index contributed by atoms with van der Waals surface area (Å²) in [4.78, 5) is 0. The summed E-state index contributed by atoms with van der Waals surface area (Å²) in [5.41, 5.74) is 1.28. The Kier molecular flexibility index (Phi) is 3.59. The predicted octanol–water partition coefficient (Wildman–Crippen LogP) is 3.33. The molecule has 1 N–H and O–H groups in total. The Morgan fingerprint density at radius 2 is 1.80 bits per heavy atom. The molecule has 1 aromatic heterocycles. The monoisotopic (exact) mass is 265 g/mol. The van der Waals surface area contributed by atoms with Gasteiger partial charge in [0.05, 0.1) is 6.54 Å². The molecule has 1 heterocycles. The highest BCUT2D eigenvalue weighted by Crippen LogP contribution is 2.13. The van der Waals surface area contributed by atoms with Crippen molar-refractivity contribution in [3.05, 3.63) is 58.5 Å². The van der Waals surface area contributed by atoms with Gasteiger partial charge in [-0.15, -0.1) is 0 Å². The zero-order chi connectivity index (χ0) is 10.5. The van der Waals surface area contributed by atoms with Gasteiger partial charge in [-0.1, -0.05) is 30.3 Å². The van der Waals surface area contributed by atoms with Crippen molar-refractivity contribution in [2.75, 3.05) is 0 Å². The van der Waals surface area contributed by atoms with Crippen LogP contribution in [0, 0.1) is 0 Å². The second kappa shape index (κ2) is 5.14. The SMILES string of the molecule is Brc1ccc(CNCc2ccccc2)o1. The molecule has 0 atom stereocenters. The first kappa shape index (κ1) is 10.5. The number of halogens is 1. The van der Waals surface area contributed by atoms with Gasteiger partial charge in [-0.05, 0) is 33.6 Å². The summed E-state index contributed by atoms with van der Waals surface area (Å²) in [7, 11) is 0. The molecule has 0 unspecified atom stereocenters. The Balaban J connectivity index is 1.80. The summed E-state index contributed by atoms with van der Waals surface area (Å²) in [5.74, 6) is 0.942. The lowest BCUT2D eigenvalue weighted by molar-refractivity contribution is 0.465. The molecule has 2 rings (SSSR count). The molecular formula is C12H12BrNO. The van der Waals surface area contributed by atoms with E-state index < -0.39 is 0 Å². The fourth-order valence-corrected chi connectivity index (χ4v) is 1.71. The first-order chi connectivity index (χ1) is 7.34. The van der Waals surface area contributed by atoms with Crippen molar-refractivity contribution in [1.82, 2.24) is 5.32 Å². The zero-order valence-corrected chi connectivity index (χ0v) is 9.83. The number of nitrogens with one attached hydrogen (secondary N) is 1. The number of hydrogen-bond acceptors (Lipinski definition) is 2. The van der Waals surface area contributed by atoms with Gasteiger partial charge in [0.25, 0.3) is 0 Å². The van der Waals surface area contributed by atoms with Crippen LogP contribution >= 0.6 is 15.9 Å². The minimum Gasteiger partial charge on any atom is -0.453 e. The lowest BCUT2D eigenvalue weighted by Gasteiger charge is -2.02. The molecule has 0 aliphatic carbocycles. The fourth-order valence-electron chi connectivity index (χ4n) is 1.37. The highest BCUT2D eigenvalue weighted by molar-refractivity contribution is 9.10. The van der Waals surface area contributed by atoms with Crippen molar-refractivity contribution < 1.29 is 4.42 Å². The van der Waals surface area contributed by atoms with Crippen LogP contribution in [-0.4, -0.2) is 0 Å². The van der Waals surface area contributed by atoms with Crippen molar-refractivity contribution in [2.24, 2.45) is 0 Å². The molecule has 0 saturated carbocycles. The third-order valence-electron chi connectivity index (χ3n) is 2.10. The van der Waals surface area contributed by atoms with Gasteiger partial charge in [0.1, 0.15) is 5.76 Å². The Morgan fingerprint density at radius 1 is 1.00 bits per heavy atom. The predicted molar refractivity (Wildman–Crippen MR) is 63.4 cm³/mol. The smallest absolute Gasteiger partial charge is 0.169 e. The second-order valence-electron chi connectivity index (χ2n) is 3.29. The zero-order valence-electron chi connectivity index (χ0n) is 8.24. The van der Waals surface area contributed by atoms with Crippen molar-refractivity contribution in [1.29, 1.82) is 0 Å². The third-order valence-corrected chi connectivity index (χ3v) is 2.53. The molecule has 0 bridgehead atoms. The van der Waals surface area contributed by atoms with Crippen LogP contribution in [0.25, 0.3) is 0 Å². The van der Waals surface area contributed by atoms with E-state index in [9.17, 15) is 0 Å². The quantitative estimate of drug-likeness (QED) is 0.918. The van der Waals surface area contributed by atoms with Crippen molar-refractivity contribution in [3.8, 4) is 0 Å². The molecule has 0 amide bonds. The summed E-state index contributed by atoms with van der Waals surface area (Å²) in [5, 5.41) is 3.32. The summed E-state index contributed by atoms with van der Waals surface area (Å²) >= 11 is 3.27. The van der Waals surface area contributed by atoms with Crippen molar-refractivity contribution >= 4 is 15.9 Å². The molecule has 0 radical (unpaired) electrons. The first-order valence-electron chi connectivity index (χ1n) is 4.83. The molecule has 1 aromatic carbocycles. The second-order valence-corrected chi connectivity index (χ2v) is 4.08. The van der Waals surface area contributed by atoms with Gasteiger partial charge in [0, 0.05) is 6.54 Å². The largest absolute Gasteiger partial charge is 0.453 e. The molecule has 0 aliphatic heterocycles. The van der Waals surface area contributed by atoms with Crippen molar-refractivity contribution in [2.45, 2.75) is 13.1 Å². The van der Waals surface area contributed by atoms with E-state index in [0.29, 0.717) is 0 Å². The summed E-state index contributed by atoms with van der Waals surface area (Å²) < 4.78 is 6.15. The van der Waals surface area contributed by atoms with E-state index in [1.165, 1.54) is 5.56 Å². The lowest BCUT2D eigenvalue weighted by atomic mass is 10.2. The van der Waals surface area contributed by atoms with Gasteiger partial charge in [-0.3, -0.25) is 0 Å². The lowest BCUT2D eigenvalue weighted by Crippen LogP contribution is -2.11. The van der Waals surface area contributed by atoms with Gasteiger partial charge < -0.3 is 9.73 Å². The maximum Gasteiger partial charge on any atom is 0.169 e. The van der Waals surface area contributed by atoms with E-state index >= 15 is 0 Å². The number of rotatable bonds is 4. The van der Waals surface area contributed by atoms with E-state index in [1.807, 2.05) is 30.3 Å². The van der Waals surface area contributed by atoms with E-state index in [-0.39, 0.29) is 0 Å². The van der Waals surface area contributed by atoms with Crippen LogP contribution in [0.1, 0.15) is 11.3 Å². The topological polar surface area (TPSA) is 25.2 Å². The normalized spacial score (nSPS) is 10.5. The van der Waals surface area contributed by atoms with E-state index in [1.54, 1.807) is 0 Å². The average molecular weight is 266 g/mol. The van der Waals surface area contributed by atoms with E-state index in [2.05, 4.69) is 33.4 Å². The summed E-state index contributed by atoms with van der Waals surface area (Å²) in [6.45, 7) is 1.61. The van der Waals surface area contributed by atoms with Crippen LogP contribution in [0.2, 0.25) is 0 Å². The molecule has 15 heavy (non-hydrogen) atoms. The van der Waals surface area contributed by atoms with Gasteiger partial charge in [-0.2, -0.15) is 0 Å². The Labute approximate surface area is 97.4 Å². The number of benzene rings is 1. The third kappa shape index (κ3) is 3.22. The van der Waals surface area contributed by atoms with Crippen molar-refractivity contribution in [3.63, 3.8) is 0 Å². The molecule has 2 nitrogen and oxygen atoms in total. The van der Waals surface area contributed by atoms with Gasteiger partial charge in [0.15, 0.2) is 4.67 Å².